The minimum Gasteiger partial charge on any atom is -0.505 e. The van der Waals surface area contributed by atoms with E-state index in [9.17, 15) is 19.4 Å². The molecule has 0 bridgehead atoms. The number of aryl methyl sites for hydroxylation is 1. The first-order chi connectivity index (χ1) is 14.7. The summed E-state index contributed by atoms with van der Waals surface area (Å²) in [5.74, 6) is -1.28. The lowest BCUT2D eigenvalue weighted by Crippen LogP contribution is -2.18. The minimum atomic E-state index is -0.796. The average Bonchev–Trinajstić information content (AvgIpc) is 2.73. The number of fused-ring (bicyclic) bond motifs is 3. The molecule has 0 radical (unpaired) electrons. The molecule has 0 saturated heterocycles. The highest BCUT2D eigenvalue weighted by atomic mass is 19.1. The third kappa shape index (κ3) is 3.41. The van der Waals surface area contributed by atoms with E-state index in [1.807, 2.05) is 38.4 Å². The topological polar surface area (TPSA) is 89.5 Å². The maximum absolute atomic E-state index is 14.9. The number of hydrogen-bond donors (Lipinski definition) is 3. The van der Waals surface area contributed by atoms with Crippen LogP contribution in [0.5, 0.6) is 11.5 Å². The number of phenolic OH excluding ortho intramolecular Hbond substituents is 1. The molecule has 3 N–H and O–H groups in total. The molecule has 6 nitrogen and oxygen atoms in total. The van der Waals surface area contributed by atoms with Gasteiger partial charge < -0.3 is 20.1 Å². The van der Waals surface area contributed by atoms with Gasteiger partial charge in [0.25, 0.3) is 5.56 Å². The third-order valence-corrected chi connectivity index (χ3v) is 5.72. The van der Waals surface area contributed by atoms with Crippen LogP contribution in [0.3, 0.4) is 0 Å². The smallest absolute Gasteiger partial charge is 0.260 e. The van der Waals surface area contributed by atoms with E-state index < -0.39 is 17.1 Å². The van der Waals surface area contributed by atoms with Crippen molar-refractivity contribution in [3.63, 3.8) is 0 Å². The molecule has 7 heteroatoms. The van der Waals surface area contributed by atoms with E-state index in [4.69, 9.17) is 0 Å². The van der Waals surface area contributed by atoms with E-state index in [1.54, 1.807) is 0 Å². The van der Waals surface area contributed by atoms with Crippen LogP contribution in [0.1, 0.15) is 24.0 Å². The fraction of sp³-hybridized carbons (Fsp3) is 0.250. The number of aromatic amines is 1. The van der Waals surface area contributed by atoms with Crippen molar-refractivity contribution in [2.75, 3.05) is 20.6 Å². The van der Waals surface area contributed by atoms with Gasteiger partial charge in [-0.05, 0) is 38.1 Å². The van der Waals surface area contributed by atoms with Crippen LogP contribution in [0.15, 0.2) is 41.5 Å². The summed E-state index contributed by atoms with van der Waals surface area (Å²) >= 11 is 0. The van der Waals surface area contributed by atoms with E-state index in [1.165, 1.54) is 19.3 Å². The number of H-pyrrole nitrogens is 1. The van der Waals surface area contributed by atoms with Gasteiger partial charge in [0.15, 0.2) is 11.6 Å². The van der Waals surface area contributed by atoms with Gasteiger partial charge in [-0.2, -0.15) is 0 Å². The van der Waals surface area contributed by atoms with Crippen molar-refractivity contribution < 1.29 is 14.6 Å². The van der Waals surface area contributed by atoms with E-state index in [2.05, 4.69) is 21.8 Å². The molecule has 0 aliphatic heterocycles. The number of halogens is 1. The van der Waals surface area contributed by atoms with Crippen molar-refractivity contribution in [3.05, 3.63) is 64.0 Å². The molecule has 0 amide bonds. The average molecular weight is 421 g/mol. The number of benzene rings is 2. The lowest BCUT2D eigenvalue weighted by atomic mass is 9.92. The van der Waals surface area contributed by atoms with Crippen molar-refractivity contribution in [1.29, 1.82) is 0 Å². The predicted molar refractivity (Wildman–Crippen MR) is 120 cm³/mol. The van der Waals surface area contributed by atoms with Crippen LogP contribution in [0.25, 0.3) is 32.8 Å². The molecule has 2 aromatic carbocycles. The number of hydrogen-bond acceptors (Lipinski definition) is 5. The maximum Gasteiger partial charge on any atom is 0.260 e. The summed E-state index contributed by atoms with van der Waals surface area (Å²) in [6.07, 6.45) is 2.63. The highest BCUT2D eigenvalue weighted by Crippen LogP contribution is 2.43. The van der Waals surface area contributed by atoms with Crippen LogP contribution in [-0.4, -0.2) is 45.7 Å². The van der Waals surface area contributed by atoms with Crippen LogP contribution < -0.4 is 5.56 Å². The van der Waals surface area contributed by atoms with Crippen molar-refractivity contribution >= 4 is 21.7 Å². The van der Waals surface area contributed by atoms with E-state index >= 15 is 0 Å². The second-order valence-corrected chi connectivity index (χ2v) is 8.23. The second kappa shape index (κ2) is 7.67. The molecule has 31 heavy (non-hydrogen) atoms. The normalized spacial score (nSPS) is 12.7. The molecule has 2 heterocycles. The molecule has 4 aromatic rings. The summed E-state index contributed by atoms with van der Waals surface area (Å²) in [7, 11) is 4.03. The van der Waals surface area contributed by atoms with Crippen LogP contribution in [-0.2, 0) is 0 Å². The van der Waals surface area contributed by atoms with Crippen LogP contribution >= 0.6 is 0 Å². The Hall–Kier alpha value is -3.45. The van der Waals surface area contributed by atoms with E-state index in [-0.39, 0.29) is 27.8 Å². The summed E-state index contributed by atoms with van der Waals surface area (Å²) in [6.45, 7) is 4.49. The zero-order valence-corrected chi connectivity index (χ0v) is 17.8. The quantitative estimate of drug-likeness (QED) is 0.428. The van der Waals surface area contributed by atoms with Crippen molar-refractivity contribution in [2.24, 2.45) is 0 Å². The number of rotatable bonds is 4. The Morgan fingerprint density at radius 2 is 1.81 bits per heavy atom. The van der Waals surface area contributed by atoms with Gasteiger partial charge in [0.05, 0.1) is 17.1 Å². The van der Waals surface area contributed by atoms with Crippen molar-refractivity contribution in [2.45, 2.75) is 19.8 Å². The van der Waals surface area contributed by atoms with Gasteiger partial charge in [-0.25, -0.2) is 4.39 Å². The standard InChI is InChI=1S/C24H24FN3O3/c1-12(11-28(3)4)14-5-7-15(8-6-14)18-20-16-9-26-10-17(29)19(16)24(31)27-22(20)13(2)21(25)23(18)30/h5-10,12,29-30H,11H2,1-4H3,(H,27,31). The van der Waals surface area contributed by atoms with E-state index in [0.717, 1.165) is 12.1 Å². The molecule has 2 aromatic heterocycles. The Balaban J connectivity index is 2.04. The number of phenols is 1. The molecule has 0 spiro atoms. The monoisotopic (exact) mass is 421 g/mol. The number of aromatic nitrogens is 2. The van der Waals surface area contributed by atoms with Gasteiger partial charge in [0.1, 0.15) is 5.75 Å². The predicted octanol–water partition coefficient (Wildman–Crippen LogP) is 4.27. The minimum absolute atomic E-state index is 0.0467. The zero-order chi connectivity index (χ0) is 22.4. The van der Waals surface area contributed by atoms with Gasteiger partial charge in [-0.15, -0.1) is 0 Å². The molecular weight excluding hydrogens is 397 g/mol. The molecule has 0 aliphatic rings. The number of pyridine rings is 2. The third-order valence-electron chi connectivity index (χ3n) is 5.72. The fourth-order valence-corrected chi connectivity index (χ4v) is 4.22. The molecule has 4 rings (SSSR count). The van der Waals surface area contributed by atoms with Crippen LogP contribution in [0, 0.1) is 12.7 Å². The van der Waals surface area contributed by atoms with Gasteiger partial charge >= 0.3 is 0 Å². The zero-order valence-electron chi connectivity index (χ0n) is 17.8. The Morgan fingerprint density at radius 1 is 1.13 bits per heavy atom. The van der Waals surface area contributed by atoms with Crippen molar-refractivity contribution in [1.82, 2.24) is 14.9 Å². The summed E-state index contributed by atoms with van der Waals surface area (Å²) in [6, 6.07) is 7.57. The van der Waals surface area contributed by atoms with Crippen LogP contribution in [0.4, 0.5) is 4.39 Å². The summed E-state index contributed by atoms with van der Waals surface area (Å²) in [5, 5.41) is 21.8. The molecule has 1 unspecified atom stereocenters. The number of likely N-dealkylation sites (N-methyl/N-ethyl adjacent to an activating group) is 1. The first kappa shape index (κ1) is 20.8. The molecule has 0 fully saturated rings. The fourth-order valence-electron chi connectivity index (χ4n) is 4.22. The molecular formula is C24H24FN3O3. The number of nitrogens with one attached hydrogen (secondary N) is 1. The van der Waals surface area contributed by atoms with Gasteiger partial charge in [0, 0.05) is 34.6 Å². The summed E-state index contributed by atoms with van der Waals surface area (Å²) in [5.41, 5.74) is 1.80. The van der Waals surface area contributed by atoms with Gasteiger partial charge in [-0.1, -0.05) is 31.2 Å². The maximum atomic E-state index is 14.9. The molecule has 0 saturated carbocycles. The second-order valence-electron chi connectivity index (χ2n) is 8.23. The largest absolute Gasteiger partial charge is 0.505 e. The highest BCUT2D eigenvalue weighted by molar-refractivity contribution is 6.15. The van der Waals surface area contributed by atoms with Crippen molar-refractivity contribution in [3.8, 4) is 22.6 Å². The van der Waals surface area contributed by atoms with Crippen LogP contribution in [0.2, 0.25) is 0 Å². The molecule has 160 valence electrons. The summed E-state index contributed by atoms with van der Waals surface area (Å²) < 4.78 is 14.9. The Labute approximate surface area is 178 Å². The van der Waals surface area contributed by atoms with Gasteiger partial charge in [0.2, 0.25) is 0 Å². The molecule has 0 aliphatic carbocycles. The van der Waals surface area contributed by atoms with Gasteiger partial charge in [-0.3, -0.25) is 9.78 Å². The number of aromatic hydroxyl groups is 2. The lowest BCUT2D eigenvalue weighted by Gasteiger charge is -2.18. The highest BCUT2D eigenvalue weighted by Gasteiger charge is 2.23. The Bertz CT molecular complexity index is 1360. The first-order valence-electron chi connectivity index (χ1n) is 9.99. The Morgan fingerprint density at radius 3 is 2.45 bits per heavy atom. The van der Waals surface area contributed by atoms with E-state index in [0.29, 0.717) is 22.3 Å². The first-order valence-corrected chi connectivity index (χ1v) is 9.99. The summed E-state index contributed by atoms with van der Waals surface area (Å²) in [4.78, 5) is 21.4. The Kier molecular flexibility index (Phi) is 5.15. The molecule has 1 atom stereocenters. The number of nitrogens with zero attached hydrogens (tertiary/aromatic N) is 2. The lowest BCUT2D eigenvalue weighted by molar-refractivity contribution is 0.383. The SMILES string of the molecule is Cc1c(F)c(O)c(-c2ccc(C(C)CN(C)C)cc2)c2c1[nH]c(=O)c1c(O)cncc12.